The lowest BCUT2D eigenvalue weighted by Gasteiger charge is -2.11. The first-order valence-electron chi connectivity index (χ1n) is 4.02. The molecule has 1 aromatic carbocycles. The first-order valence-corrected chi connectivity index (χ1v) is 5.14. The largest absolute Gasteiger partial charge is 0.508 e. The highest BCUT2D eigenvalue weighted by atomic mass is 79.9. The number of phenols is 1. The van der Waals surface area contributed by atoms with Crippen LogP contribution in [0.2, 0.25) is 0 Å². The molecule has 0 amide bonds. The fourth-order valence-corrected chi connectivity index (χ4v) is 1.80. The van der Waals surface area contributed by atoms with Gasteiger partial charge >= 0.3 is 0 Å². The van der Waals surface area contributed by atoms with Crippen LogP contribution in [-0.4, -0.2) is 11.4 Å². The molecule has 0 radical (unpaired) electrons. The van der Waals surface area contributed by atoms with E-state index in [9.17, 15) is 9.90 Å². The molecule has 0 aliphatic carbocycles. The minimum atomic E-state index is -0.256. The van der Waals surface area contributed by atoms with Crippen LogP contribution in [0, 0.1) is 0 Å². The number of rotatable bonds is 3. The van der Waals surface area contributed by atoms with E-state index in [0.717, 1.165) is 17.4 Å². The number of carbonyl (C=O) groups is 1. The van der Waals surface area contributed by atoms with Gasteiger partial charge in [0.1, 0.15) is 12.0 Å². The lowest BCUT2D eigenvalue weighted by molar-refractivity contribution is -0.108. The Kier molecular flexibility index (Phi) is 3.48. The van der Waals surface area contributed by atoms with Crippen molar-refractivity contribution in [3.8, 4) is 5.75 Å². The lowest BCUT2D eigenvalue weighted by Crippen LogP contribution is -1.99. The van der Waals surface area contributed by atoms with Crippen LogP contribution < -0.4 is 0 Å². The second kappa shape index (κ2) is 4.42. The molecule has 1 N–H and O–H groups in total. The predicted octanol–water partition coefficient (Wildman–Crippen LogP) is 2.59. The number of carbonyl (C=O) groups excluding carboxylic acids is 1. The third kappa shape index (κ3) is 2.10. The summed E-state index contributed by atoms with van der Waals surface area (Å²) >= 11 is 3.31. The van der Waals surface area contributed by atoms with E-state index in [0.29, 0.717) is 5.33 Å². The highest BCUT2D eigenvalue weighted by Gasteiger charge is 2.13. The van der Waals surface area contributed by atoms with E-state index in [2.05, 4.69) is 15.9 Å². The van der Waals surface area contributed by atoms with Gasteiger partial charge in [-0.1, -0.05) is 35.0 Å². The van der Waals surface area contributed by atoms with Gasteiger partial charge in [-0.15, -0.1) is 0 Å². The highest BCUT2D eigenvalue weighted by molar-refractivity contribution is 9.08. The quantitative estimate of drug-likeness (QED) is 0.654. The van der Waals surface area contributed by atoms with Crippen LogP contribution >= 0.6 is 15.9 Å². The van der Waals surface area contributed by atoms with Crippen LogP contribution in [0.15, 0.2) is 18.2 Å². The van der Waals surface area contributed by atoms with Gasteiger partial charge in [0.05, 0.1) is 0 Å². The molecular formula is C10H11BrO2. The monoisotopic (exact) mass is 242 g/mol. The Morgan fingerprint density at radius 3 is 2.85 bits per heavy atom. The van der Waals surface area contributed by atoms with Gasteiger partial charge in [-0.05, 0) is 11.6 Å². The first-order chi connectivity index (χ1) is 6.20. The van der Waals surface area contributed by atoms with E-state index in [4.69, 9.17) is 0 Å². The Balaban J connectivity index is 3.22. The van der Waals surface area contributed by atoms with Gasteiger partial charge in [-0.2, -0.15) is 0 Å². The summed E-state index contributed by atoms with van der Waals surface area (Å²) in [5, 5.41) is 10.2. The summed E-state index contributed by atoms with van der Waals surface area (Å²) < 4.78 is 0. The fraction of sp³-hybridized carbons (Fsp3) is 0.300. The standard InChI is InChI=1S/C10H11BrO2/c1-7(6-12)10-8(5-11)3-2-4-9(10)13/h2-4,6-7,13H,5H2,1H3. The molecule has 0 heterocycles. The molecule has 0 saturated heterocycles. The van der Waals surface area contributed by atoms with Crippen molar-refractivity contribution < 1.29 is 9.90 Å². The molecule has 13 heavy (non-hydrogen) atoms. The minimum absolute atomic E-state index is 0.191. The molecule has 2 nitrogen and oxygen atoms in total. The second-order valence-electron chi connectivity index (χ2n) is 2.91. The van der Waals surface area contributed by atoms with E-state index in [1.165, 1.54) is 0 Å². The van der Waals surface area contributed by atoms with Crippen molar-refractivity contribution in [3.63, 3.8) is 0 Å². The zero-order valence-corrected chi connectivity index (χ0v) is 8.91. The van der Waals surface area contributed by atoms with Gasteiger partial charge in [-0.3, -0.25) is 0 Å². The van der Waals surface area contributed by atoms with E-state index < -0.39 is 0 Å². The second-order valence-corrected chi connectivity index (χ2v) is 3.47. The van der Waals surface area contributed by atoms with Gasteiger partial charge < -0.3 is 9.90 Å². The molecule has 1 aromatic rings. The van der Waals surface area contributed by atoms with Gasteiger partial charge in [-0.25, -0.2) is 0 Å². The van der Waals surface area contributed by atoms with Crippen LogP contribution in [-0.2, 0) is 10.1 Å². The Hall–Kier alpha value is -0.830. The van der Waals surface area contributed by atoms with E-state index in [1.807, 2.05) is 6.07 Å². The summed E-state index contributed by atoms with van der Waals surface area (Å²) in [5.41, 5.74) is 1.67. The summed E-state index contributed by atoms with van der Waals surface area (Å²) in [6.07, 6.45) is 0.835. The fourth-order valence-electron chi connectivity index (χ4n) is 1.31. The topological polar surface area (TPSA) is 37.3 Å². The molecule has 70 valence electrons. The maximum Gasteiger partial charge on any atom is 0.127 e. The normalized spacial score (nSPS) is 12.5. The smallest absolute Gasteiger partial charge is 0.127 e. The van der Waals surface area contributed by atoms with Crippen molar-refractivity contribution in [1.82, 2.24) is 0 Å². The maximum absolute atomic E-state index is 10.6. The number of hydrogen-bond acceptors (Lipinski definition) is 2. The molecule has 1 rings (SSSR count). The van der Waals surface area contributed by atoms with E-state index >= 15 is 0 Å². The molecule has 0 aliphatic heterocycles. The molecule has 1 unspecified atom stereocenters. The van der Waals surface area contributed by atoms with Gasteiger partial charge in [0.2, 0.25) is 0 Å². The third-order valence-corrected chi connectivity index (χ3v) is 2.58. The van der Waals surface area contributed by atoms with Crippen molar-refractivity contribution in [3.05, 3.63) is 29.3 Å². The summed E-state index contributed by atoms with van der Waals surface area (Å²) in [4.78, 5) is 10.6. The summed E-state index contributed by atoms with van der Waals surface area (Å²) in [5.74, 6) is -0.0645. The number of alkyl halides is 1. The van der Waals surface area contributed by atoms with E-state index in [-0.39, 0.29) is 11.7 Å². The minimum Gasteiger partial charge on any atom is -0.508 e. The van der Waals surface area contributed by atoms with Crippen molar-refractivity contribution in [2.24, 2.45) is 0 Å². The number of halogens is 1. The van der Waals surface area contributed by atoms with Crippen molar-refractivity contribution in [1.29, 1.82) is 0 Å². The Labute approximate surface area is 85.7 Å². The zero-order chi connectivity index (χ0) is 9.84. The van der Waals surface area contributed by atoms with Crippen molar-refractivity contribution in [2.75, 3.05) is 0 Å². The van der Waals surface area contributed by atoms with Crippen LogP contribution in [0.25, 0.3) is 0 Å². The molecule has 0 aliphatic rings. The number of hydrogen-bond donors (Lipinski definition) is 1. The SMILES string of the molecule is CC(C=O)c1c(O)cccc1CBr. The molecule has 0 aromatic heterocycles. The van der Waals surface area contributed by atoms with Crippen LogP contribution in [0.3, 0.4) is 0 Å². The van der Waals surface area contributed by atoms with Gasteiger partial charge in [0.25, 0.3) is 0 Å². The van der Waals surface area contributed by atoms with Crippen LogP contribution in [0.5, 0.6) is 5.75 Å². The van der Waals surface area contributed by atoms with E-state index in [1.54, 1.807) is 19.1 Å². The Bertz CT molecular complexity index is 310. The molecule has 0 spiro atoms. The predicted molar refractivity (Wildman–Crippen MR) is 55.2 cm³/mol. The Morgan fingerprint density at radius 2 is 2.31 bits per heavy atom. The lowest BCUT2D eigenvalue weighted by atomic mass is 9.97. The first kappa shape index (κ1) is 10.3. The maximum atomic E-state index is 10.6. The highest BCUT2D eigenvalue weighted by Crippen LogP contribution is 2.29. The van der Waals surface area contributed by atoms with Gasteiger partial charge in [0.15, 0.2) is 0 Å². The molecule has 3 heteroatoms. The van der Waals surface area contributed by atoms with Crippen LogP contribution in [0.4, 0.5) is 0 Å². The van der Waals surface area contributed by atoms with Crippen molar-refractivity contribution in [2.45, 2.75) is 18.2 Å². The van der Waals surface area contributed by atoms with Crippen LogP contribution in [0.1, 0.15) is 24.0 Å². The van der Waals surface area contributed by atoms with Gasteiger partial charge in [0, 0.05) is 16.8 Å². The number of benzene rings is 1. The number of phenolic OH excluding ortho intramolecular Hbond substituents is 1. The third-order valence-electron chi connectivity index (χ3n) is 1.98. The summed E-state index contributed by atoms with van der Waals surface area (Å²) in [7, 11) is 0. The average molecular weight is 243 g/mol. The average Bonchev–Trinajstić information content (AvgIpc) is 2.16. The molecule has 0 saturated carbocycles. The molecular weight excluding hydrogens is 232 g/mol. The summed E-state index contributed by atoms with van der Waals surface area (Å²) in [6, 6.07) is 5.26. The van der Waals surface area contributed by atoms with Crippen molar-refractivity contribution >= 4 is 22.2 Å². The molecule has 0 fully saturated rings. The molecule has 1 atom stereocenters. The Morgan fingerprint density at radius 1 is 1.62 bits per heavy atom. The summed E-state index contributed by atoms with van der Waals surface area (Å²) in [6.45, 7) is 1.77. The number of aldehydes is 1. The number of aromatic hydroxyl groups is 1. The molecule has 0 bridgehead atoms. The zero-order valence-electron chi connectivity index (χ0n) is 7.33.